The van der Waals surface area contributed by atoms with E-state index in [9.17, 15) is 9.59 Å². The van der Waals surface area contributed by atoms with Gasteiger partial charge in [-0.25, -0.2) is 19.8 Å². The smallest absolute Gasteiger partial charge is 0.338 e. The van der Waals surface area contributed by atoms with Gasteiger partial charge in [-0.05, 0) is 71.4 Å². The molecule has 4 heterocycles. The van der Waals surface area contributed by atoms with Gasteiger partial charge < -0.3 is 13.9 Å². The molecule has 41 heavy (non-hydrogen) atoms. The molecule has 0 aliphatic carbocycles. The number of fused-ring (bicyclic) bond motifs is 1. The predicted molar refractivity (Wildman–Crippen MR) is 160 cm³/mol. The Hall–Kier alpha value is -3.19. The fourth-order valence-electron chi connectivity index (χ4n) is 4.39. The average molecular weight is 676 g/mol. The quantitative estimate of drug-likeness (QED) is 0.168. The van der Waals surface area contributed by atoms with Gasteiger partial charge in [0.2, 0.25) is 0 Å². The van der Waals surface area contributed by atoms with E-state index in [1.807, 2.05) is 6.92 Å². The minimum absolute atomic E-state index is 0.174. The number of nitrogens with zero attached hydrogens (tertiary/aromatic N) is 4. The first-order valence-electron chi connectivity index (χ1n) is 12.6. The molecule has 1 aromatic carbocycles. The van der Waals surface area contributed by atoms with E-state index < -0.39 is 12.0 Å². The summed E-state index contributed by atoms with van der Waals surface area (Å²) >= 11 is 12.4. The van der Waals surface area contributed by atoms with Crippen molar-refractivity contribution in [2.45, 2.75) is 43.0 Å². The van der Waals surface area contributed by atoms with Crippen LogP contribution in [0, 0.1) is 0 Å². The second-order valence-corrected chi connectivity index (χ2v) is 12.0. The summed E-state index contributed by atoms with van der Waals surface area (Å²) in [5.41, 5.74) is 1.07. The molecule has 1 aliphatic rings. The molecule has 13 heteroatoms. The molecular weight excluding hydrogens is 652 g/mol. The fourth-order valence-corrected chi connectivity index (χ4v) is 6.81. The maximum absolute atomic E-state index is 14.0. The highest BCUT2D eigenvalue weighted by atomic mass is 79.9. The number of thiazole rings is 1. The summed E-state index contributed by atoms with van der Waals surface area (Å²) < 4.78 is 19.7. The standard InChI is InChI=1S/C28H24BrClN4O5S2/c1-4-7-19-22(25(36)38-5-2)23(17-12-15(30)8-9-20(17)37-3)34-24(35)21(40-28(34)33-19)14-16-13-18(29)26(39-16)41-27-31-10-6-11-32-27/h6,8-14,23H,4-5,7H2,1-3H3/b21-14-/t23-/m1/s1. The number of esters is 1. The number of aromatic nitrogens is 3. The lowest BCUT2D eigenvalue weighted by atomic mass is 9.93. The van der Waals surface area contributed by atoms with Crippen LogP contribution in [0.4, 0.5) is 0 Å². The molecule has 0 fully saturated rings. The summed E-state index contributed by atoms with van der Waals surface area (Å²) in [7, 11) is 1.53. The number of carbonyl (C=O) groups excluding carboxylic acids is 1. The number of rotatable bonds is 9. The highest BCUT2D eigenvalue weighted by molar-refractivity contribution is 9.10. The van der Waals surface area contributed by atoms with E-state index in [2.05, 4.69) is 25.9 Å². The lowest BCUT2D eigenvalue weighted by molar-refractivity contribution is -0.139. The molecule has 0 amide bonds. The van der Waals surface area contributed by atoms with Crippen LogP contribution in [0.1, 0.15) is 44.1 Å². The number of ether oxygens (including phenoxy) is 2. The fraction of sp³-hybridized carbons (Fsp3) is 0.250. The Balaban J connectivity index is 1.69. The number of carbonyl (C=O) groups is 1. The van der Waals surface area contributed by atoms with Crippen molar-refractivity contribution in [2.24, 2.45) is 4.99 Å². The molecule has 0 spiro atoms. The summed E-state index contributed by atoms with van der Waals surface area (Å²) in [6, 6.07) is 7.76. The number of methoxy groups -OCH3 is 1. The van der Waals surface area contributed by atoms with E-state index >= 15 is 0 Å². The van der Waals surface area contributed by atoms with Crippen LogP contribution in [-0.4, -0.2) is 34.2 Å². The lowest BCUT2D eigenvalue weighted by Gasteiger charge is -2.27. The Bertz CT molecular complexity index is 1820. The summed E-state index contributed by atoms with van der Waals surface area (Å²) in [6.45, 7) is 3.91. The summed E-state index contributed by atoms with van der Waals surface area (Å²) in [4.78, 5) is 41.1. The minimum atomic E-state index is -0.854. The first kappa shape index (κ1) is 29.3. The lowest BCUT2D eigenvalue weighted by Crippen LogP contribution is -2.40. The number of halogens is 2. The Kier molecular flexibility index (Phi) is 9.12. The number of furan rings is 1. The van der Waals surface area contributed by atoms with Crippen molar-refractivity contribution < 1.29 is 18.7 Å². The van der Waals surface area contributed by atoms with Crippen molar-refractivity contribution in [2.75, 3.05) is 13.7 Å². The highest BCUT2D eigenvalue weighted by Crippen LogP contribution is 2.38. The van der Waals surface area contributed by atoms with Crippen LogP contribution in [0.2, 0.25) is 5.02 Å². The highest BCUT2D eigenvalue weighted by Gasteiger charge is 2.36. The van der Waals surface area contributed by atoms with Gasteiger partial charge in [-0.15, -0.1) is 0 Å². The molecule has 0 unspecified atom stereocenters. The van der Waals surface area contributed by atoms with Gasteiger partial charge in [0.15, 0.2) is 15.1 Å². The zero-order valence-electron chi connectivity index (χ0n) is 22.2. The zero-order valence-corrected chi connectivity index (χ0v) is 26.2. The van der Waals surface area contributed by atoms with Gasteiger partial charge in [-0.1, -0.05) is 36.3 Å². The number of hydrogen-bond donors (Lipinski definition) is 0. The third-order valence-electron chi connectivity index (χ3n) is 6.05. The monoisotopic (exact) mass is 674 g/mol. The maximum Gasteiger partial charge on any atom is 0.338 e. The Morgan fingerprint density at radius 3 is 2.76 bits per heavy atom. The maximum atomic E-state index is 14.0. The van der Waals surface area contributed by atoms with Crippen molar-refractivity contribution in [3.8, 4) is 5.75 Å². The van der Waals surface area contributed by atoms with E-state index in [-0.39, 0.29) is 17.7 Å². The number of allylic oxidation sites excluding steroid dienone is 1. The minimum Gasteiger partial charge on any atom is -0.496 e. The van der Waals surface area contributed by atoms with Gasteiger partial charge in [0.25, 0.3) is 5.56 Å². The average Bonchev–Trinajstić information content (AvgIpc) is 3.46. The molecule has 212 valence electrons. The van der Waals surface area contributed by atoms with Crippen molar-refractivity contribution in [1.29, 1.82) is 0 Å². The SMILES string of the molecule is CCCC1=C(C(=O)OCC)[C@@H](c2cc(Cl)ccc2OC)n2c(s/c(=C\c3cc(Br)c(Sc4ncccn4)o3)c2=O)=N1. The van der Waals surface area contributed by atoms with Crippen LogP contribution in [-0.2, 0) is 9.53 Å². The Morgan fingerprint density at radius 2 is 2.05 bits per heavy atom. The second-order valence-electron chi connectivity index (χ2n) is 8.72. The van der Waals surface area contributed by atoms with Gasteiger partial charge >= 0.3 is 5.97 Å². The molecule has 0 saturated heterocycles. The molecule has 1 aliphatic heterocycles. The molecule has 5 rings (SSSR count). The summed E-state index contributed by atoms with van der Waals surface area (Å²) in [5.74, 6) is 0.393. The van der Waals surface area contributed by atoms with Gasteiger partial charge in [-0.2, -0.15) is 0 Å². The second kappa shape index (κ2) is 12.8. The van der Waals surface area contributed by atoms with Crippen LogP contribution < -0.4 is 19.6 Å². The number of hydrogen-bond acceptors (Lipinski definition) is 10. The number of benzene rings is 1. The molecule has 3 aromatic heterocycles. The van der Waals surface area contributed by atoms with Gasteiger partial charge in [-0.3, -0.25) is 9.36 Å². The van der Waals surface area contributed by atoms with Crippen molar-refractivity contribution >= 4 is 62.7 Å². The summed E-state index contributed by atoms with van der Waals surface area (Å²) in [6.07, 6.45) is 6.21. The molecule has 1 atom stereocenters. The zero-order chi connectivity index (χ0) is 29.1. The largest absolute Gasteiger partial charge is 0.496 e. The molecule has 0 N–H and O–H groups in total. The first-order valence-corrected chi connectivity index (χ1v) is 15.4. The van der Waals surface area contributed by atoms with E-state index in [4.69, 9.17) is 30.5 Å². The van der Waals surface area contributed by atoms with E-state index in [1.165, 1.54) is 34.8 Å². The third-order valence-corrected chi connectivity index (χ3v) is 9.00. The first-order chi connectivity index (χ1) is 19.8. The molecule has 0 radical (unpaired) electrons. The topological polar surface area (TPSA) is 109 Å². The molecule has 4 aromatic rings. The van der Waals surface area contributed by atoms with Gasteiger partial charge in [0.05, 0.1) is 34.0 Å². The van der Waals surface area contributed by atoms with Crippen LogP contribution in [0.25, 0.3) is 6.08 Å². The van der Waals surface area contributed by atoms with Crippen LogP contribution in [0.3, 0.4) is 0 Å². The van der Waals surface area contributed by atoms with Crippen molar-refractivity contribution in [3.05, 3.63) is 94.5 Å². The molecule has 9 nitrogen and oxygen atoms in total. The predicted octanol–water partition coefficient (Wildman–Crippen LogP) is 5.54. The normalized spacial score (nSPS) is 15.0. The third kappa shape index (κ3) is 6.06. The van der Waals surface area contributed by atoms with Gasteiger partial charge in [0, 0.05) is 29.1 Å². The Morgan fingerprint density at radius 1 is 1.27 bits per heavy atom. The van der Waals surface area contributed by atoms with Crippen LogP contribution in [0.5, 0.6) is 5.75 Å². The van der Waals surface area contributed by atoms with E-state index in [0.717, 1.165) is 6.42 Å². The molecule has 0 bridgehead atoms. The van der Waals surface area contributed by atoms with Crippen molar-refractivity contribution in [1.82, 2.24) is 14.5 Å². The van der Waals surface area contributed by atoms with Crippen LogP contribution in [0.15, 0.2) is 82.9 Å². The van der Waals surface area contributed by atoms with Crippen LogP contribution >= 0.6 is 50.6 Å². The van der Waals surface area contributed by atoms with E-state index in [1.54, 1.807) is 55.7 Å². The van der Waals surface area contributed by atoms with Crippen molar-refractivity contribution in [3.63, 3.8) is 0 Å². The summed E-state index contributed by atoms with van der Waals surface area (Å²) in [5, 5.41) is 1.51. The molecular formula is C28H24BrClN4O5S2. The van der Waals surface area contributed by atoms with E-state index in [0.29, 0.717) is 58.3 Å². The Labute approximate surface area is 256 Å². The molecule has 0 saturated carbocycles. The van der Waals surface area contributed by atoms with Gasteiger partial charge in [0.1, 0.15) is 17.6 Å².